The van der Waals surface area contributed by atoms with Crippen molar-refractivity contribution in [1.82, 2.24) is 10.3 Å². The molecule has 1 atom stereocenters. The molecule has 0 saturated carbocycles. The van der Waals surface area contributed by atoms with Crippen LogP contribution in [0.4, 0.5) is 4.79 Å². The number of pyridine rings is 1. The number of rotatable bonds is 5. The van der Waals surface area contributed by atoms with Gasteiger partial charge >= 0.3 is 12.1 Å². The number of carboxylic acids is 1. The zero-order valence-corrected chi connectivity index (χ0v) is 11.9. The second kappa shape index (κ2) is 6.88. The summed E-state index contributed by atoms with van der Waals surface area (Å²) in [5.41, 5.74) is 0.00514. The van der Waals surface area contributed by atoms with E-state index < -0.39 is 23.7 Å². The maximum Gasteiger partial charge on any atom is 0.408 e. The molecule has 0 saturated heterocycles. The molecule has 110 valence electrons. The standard InChI is InChI=1S/C14H20N2O4/c1-14(2,3)20-13(19)16-11(7-8-12(17)18)10-6-4-5-9-15-10/h4-6,9,11H,7-8H2,1-3H3,(H,16,19)(H,17,18). The van der Waals surface area contributed by atoms with Crippen molar-refractivity contribution < 1.29 is 19.4 Å². The molecule has 1 aromatic heterocycles. The predicted octanol–water partition coefficient (Wildman–Crippen LogP) is 2.51. The van der Waals surface area contributed by atoms with Crippen molar-refractivity contribution >= 4 is 12.1 Å². The molecule has 1 aromatic rings. The number of carboxylic acid groups (broad SMARTS) is 1. The molecule has 1 heterocycles. The Hall–Kier alpha value is -2.11. The Morgan fingerprint density at radius 3 is 2.60 bits per heavy atom. The van der Waals surface area contributed by atoms with E-state index in [1.807, 2.05) is 0 Å². The van der Waals surface area contributed by atoms with Crippen LogP contribution < -0.4 is 5.32 Å². The van der Waals surface area contributed by atoms with Crippen molar-refractivity contribution in [2.45, 2.75) is 45.3 Å². The number of ether oxygens (including phenoxy) is 1. The van der Waals surface area contributed by atoms with Crippen LogP contribution in [0.15, 0.2) is 24.4 Å². The van der Waals surface area contributed by atoms with Gasteiger partial charge in [-0.15, -0.1) is 0 Å². The summed E-state index contributed by atoms with van der Waals surface area (Å²) in [5, 5.41) is 11.4. The van der Waals surface area contributed by atoms with Crippen LogP contribution >= 0.6 is 0 Å². The minimum Gasteiger partial charge on any atom is -0.481 e. The first-order valence-corrected chi connectivity index (χ1v) is 6.40. The van der Waals surface area contributed by atoms with Gasteiger partial charge in [-0.3, -0.25) is 9.78 Å². The monoisotopic (exact) mass is 280 g/mol. The molecule has 0 aliphatic carbocycles. The van der Waals surface area contributed by atoms with E-state index in [1.54, 1.807) is 45.2 Å². The normalized spacial score (nSPS) is 12.6. The highest BCUT2D eigenvalue weighted by molar-refractivity contribution is 5.69. The first-order chi connectivity index (χ1) is 9.28. The van der Waals surface area contributed by atoms with Crippen LogP contribution in [0.1, 0.15) is 45.3 Å². The topological polar surface area (TPSA) is 88.5 Å². The van der Waals surface area contributed by atoms with Gasteiger partial charge in [-0.25, -0.2) is 4.79 Å². The van der Waals surface area contributed by atoms with Gasteiger partial charge in [0.05, 0.1) is 11.7 Å². The molecule has 0 radical (unpaired) electrons. The highest BCUT2D eigenvalue weighted by Gasteiger charge is 2.21. The first-order valence-electron chi connectivity index (χ1n) is 6.40. The fraction of sp³-hybridized carbons (Fsp3) is 0.500. The SMILES string of the molecule is CC(C)(C)OC(=O)NC(CCC(=O)O)c1ccccn1. The summed E-state index contributed by atoms with van der Waals surface area (Å²) in [6.07, 6.45) is 1.21. The fourth-order valence-corrected chi connectivity index (χ4v) is 1.59. The number of alkyl carbamates (subject to hydrolysis) is 1. The van der Waals surface area contributed by atoms with Gasteiger partial charge in [-0.05, 0) is 39.3 Å². The van der Waals surface area contributed by atoms with Gasteiger partial charge < -0.3 is 15.2 Å². The van der Waals surface area contributed by atoms with Crippen LogP contribution in [-0.4, -0.2) is 27.8 Å². The molecule has 6 heteroatoms. The zero-order valence-electron chi connectivity index (χ0n) is 11.9. The molecule has 2 N–H and O–H groups in total. The van der Waals surface area contributed by atoms with Crippen LogP contribution in [0.25, 0.3) is 0 Å². The molecule has 0 aliphatic rings. The van der Waals surface area contributed by atoms with E-state index in [0.29, 0.717) is 5.69 Å². The molecule has 0 fully saturated rings. The molecule has 1 unspecified atom stereocenters. The summed E-state index contributed by atoms with van der Waals surface area (Å²) in [7, 11) is 0. The fourth-order valence-electron chi connectivity index (χ4n) is 1.59. The van der Waals surface area contributed by atoms with Gasteiger partial charge in [0.1, 0.15) is 5.60 Å². The summed E-state index contributed by atoms with van der Waals surface area (Å²) >= 11 is 0. The third kappa shape index (κ3) is 6.17. The van der Waals surface area contributed by atoms with Crippen molar-refractivity contribution in [3.05, 3.63) is 30.1 Å². The summed E-state index contributed by atoms with van der Waals surface area (Å²) in [6.45, 7) is 5.29. The van der Waals surface area contributed by atoms with E-state index >= 15 is 0 Å². The summed E-state index contributed by atoms with van der Waals surface area (Å²) in [6, 6.07) is 4.80. The largest absolute Gasteiger partial charge is 0.481 e. The lowest BCUT2D eigenvalue weighted by Crippen LogP contribution is -2.35. The maximum atomic E-state index is 11.8. The van der Waals surface area contributed by atoms with Crippen molar-refractivity contribution in [2.75, 3.05) is 0 Å². The number of amides is 1. The first kappa shape index (κ1) is 15.9. The number of aliphatic carboxylic acids is 1. The average molecular weight is 280 g/mol. The van der Waals surface area contributed by atoms with E-state index in [9.17, 15) is 9.59 Å². The highest BCUT2D eigenvalue weighted by atomic mass is 16.6. The summed E-state index contributed by atoms with van der Waals surface area (Å²) < 4.78 is 5.17. The Morgan fingerprint density at radius 1 is 1.40 bits per heavy atom. The minimum atomic E-state index is -0.920. The van der Waals surface area contributed by atoms with Crippen molar-refractivity contribution in [2.24, 2.45) is 0 Å². The van der Waals surface area contributed by atoms with Gasteiger partial charge in [-0.2, -0.15) is 0 Å². The molecular weight excluding hydrogens is 260 g/mol. The minimum absolute atomic E-state index is 0.0585. The van der Waals surface area contributed by atoms with Crippen LogP contribution in [0.5, 0.6) is 0 Å². The number of hydrogen-bond acceptors (Lipinski definition) is 4. The number of nitrogens with zero attached hydrogens (tertiary/aromatic N) is 1. The van der Waals surface area contributed by atoms with Gasteiger partial charge in [-0.1, -0.05) is 6.07 Å². The van der Waals surface area contributed by atoms with Crippen LogP contribution in [0.2, 0.25) is 0 Å². The zero-order chi connectivity index (χ0) is 15.2. The van der Waals surface area contributed by atoms with Crippen molar-refractivity contribution in [3.63, 3.8) is 0 Å². The Labute approximate surface area is 118 Å². The van der Waals surface area contributed by atoms with Gasteiger partial charge in [0.15, 0.2) is 0 Å². The van der Waals surface area contributed by atoms with E-state index in [1.165, 1.54) is 0 Å². The Bertz CT molecular complexity index is 454. The quantitative estimate of drug-likeness (QED) is 0.865. The van der Waals surface area contributed by atoms with Crippen LogP contribution in [-0.2, 0) is 9.53 Å². The van der Waals surface area contributed by atoms with Gasteiger partial charge in [0.2, 0.25) is 0 Å². The number of hydrogen-bond donors (Lipinski definition) is 2. The molecule has 0 spiro atoms. The molecule has 0 bridgehead atoms. The Morgan fingerprint density at radius 2 is 2.10 bits per heavy atom. The van der Waals surface area contributed by atoms with E-state index in [2.05, 4.69) is 10.3 Å². The van der Waals surface area contributed by atoms with Crippen LogP contribution in [0, 0.1) is 0 Å². The van der Waals surface area contributed by atoms with E-state index in [4.69, 9.17) is 9.84 Å². The molecular formula is C14H20N2O4. The molecule has 20 heavy (non-hydrogen) atoms. The third-order valence-corrected chi connectivity index (χ3v) is 2.38. The molecule has 1 amide bonds. The third-order valence-electron chi connectivity index (χ3n) is 2.38. The molecule has 0 aromatic carbocycles. The van der Waals surface area contributed by atoms with Crippen molar-refractivity contribution in [3.8, 4) is 0 Å². The number of carbonyl (C=O) groups excluding carboxylic acids is 1. The smallest absolute Gasteiger partial charge is 0.408 e. The number of carbonyl (C=O) groups is 2. The second-order valence-corrected chi connectivity index (χ2v) is 5.39. The lowest BCUT2D eigenvalue weighted by molar-refractivity contribution is -0.137. The van der Waals surface area contributed by atoms with Gasteiger partial charge in [0, 0.05) is 12.6 Å². The number of aromatic nitrogens is 1. The molecule has 6 nitrogen and oxygen atoms in total. The number of nitrogens with one attached hydrogen (secondary N) is 1. The van der Waals surface area contributed by atoms with Crippen LogP contribution in [0.3, 0.4) is 0 Å². The lowest BCUT2D eigenvalue weighted by atomic mass is 10.1. The highest BCUT2D eigenvalue weighted by Crippen LogP contribution is 2.17. The molecule has 0 aliphatic heterocycles. The average Bonchev–Trinajstić information content (AvgIpc) is 2.33. The lowest BCUT2D eigenvalue weighted by Gasteiger charge is -2.23. The van der Waals surface area contributed by atoms with E-state index in [-0.39, 0.29) is 12.8 Å². The van der Waals surface area contributed by atoms with Gasteiger partial charge in [0.25, 0.3) is 0 Å². The predicted molar refractivity (Wildman–Crippen MR) is 73.2 cm³/mol. The summed E-state index contributed by atoms with van der Waals surface area (Å²) in [4.78, 5) is 26.6. The maximum absolute atomic E-state index is 11.8. The Kier molecular flexibility index (Phi) is 5.49. The Balaban J connectivity index is 2.73. The summed E-state index contributed by atoms with van der Waals surface area (Å²) in [5.74, 6) is -0.920. The molecule has 1 rings (SSSR count). The second-order valence-electron chi connectivity index (χ2n) is 5.39. The van der Waals surface area contributed by atoms with E-state index in [0.717, 1.165) is 0 Å². The van der Waals surface area contributed by atoms with Crippen molar-refractivity contribution in [1.29, 1.82) is 0 Å².